The third kappa shape index (κ3) is 2.35. The normalized spacial score (nSPS) is 13.9. The maximum Gasteiger partial charge on any atom is 0.264 e. The van der Waals surface area contributed by atoms with E-state index in [1.165, 1.54) is 4.90 Å². The smallest absolute Gasteiger partial charge is 0.264 e. The zero-order chi connectivity index (χ0) is 15.0. The second-order valence-corrected chi connectivity index (χ2v) is 5.74. The zero-order valence-electron chi connectivity index (χ0n) is 11.0. The van der Waals surface area contributed by atoms with E-state index in [0.29, 0.717) is 18.0 Å². The number of fused-ring (bicyclic) bond motifs is 1. The Labute approximate surface area is 124 Å². The molecule has 0 aromatic heterocycles. The Morgan fingerprint density at radius 2 is 1.95 bits per heavy atom. The number of nitrogen functional groups attached to an aromatic ring is 1. The van der Waals surface area contributed by atoms with Gasteiger partial charge in [-0.2, -0.15) is 0 Å². The van der Waals surface area contributed by atoms with Crippen LogP contribution in [-0.2, 0) is 0 Å². The van der Waals surface area contributed by atoms with Gasteiger partial charge >= 0.3 is 0 Å². The number of carbonyl (C=O) groups excluding carboxylic acids is 1. The van der Waals surface area contributed by atoms with Crippen LogP contribution in [0.5, 0.6) is 0 Å². The van der Waals surface area contributed by atoms with Gasteiger partial charge in [0.2, 0.25) is 0 Å². The number of amides is 1. The van der Waals surface area contributed by atoms with Gasteiger partial charge in [0.1, 0.15) is 11.4 Å². The van der Waals surface area contributed by atoms with Crippen LogP contribution in [0.15, 0.2) is 41.3 Å². The molecule has 0 aliphatic carbocycles. The Bertz CT molecular complexity index is 721. The minimum absolute atomic E-state index is 0.237. The van der Waals surface area contributed by atoms with Gasteiger partial charge in [-0.1, -0.05) is 12.1 Å². The highest BCUT2D eigenvalue weighted by Gasteiger charge is 2.28. The molecule has 1 amide bonds. The van der Waals surface area contributed by atoms with Crippen LogP contribution in [-0.4, -0.2) is 18.2 Å². The summed E-state index contributed by atoms with van der Waals surface area (Å²) in [6, 6.07) is 9.42. The number of anilines is 2. The maximum absolute atomic E-state index is 14.0. The summed E-state index contributed by atoms with van der Waals surface area (Å²) < 4.78 is 27.9. The summed E-state index contributed by atoms with van der Waals surface area (Å²) in [5.41, 5.74) is 5.26. The second-order valence-electron chi connectivity index (χ2n) is 4.60. The zero-order valence-corrected chi connectivity index (χ0v) is 11.8. The van der Waals surface area contributed by atoms with Crippen molar-refractivity contribution in [3.8, 4) is 0 Å². The van der Waals surface area contributed by atoms with Crippen molar-refractivity contribution in [1.82, 2.24) is 0 Å². The van der Waals surface area contributed by atoms with Gasteiger partial charge < -0.3 is 10.6 Å². The molecule has 1 aliphatic heterocycles. The average molecular weight is 306 g/mol. The van der Waals surface area contributed by atoms with Gasteiger partial charge in [-0.25, -0.2) is 8.78 Å². The van der Waals surface area contributed by atoms with Crippen molar-refractivity contribution in [2.24, 2.45) is 0 Å². The summed E-state index contributed by atoms with van der Waals surface area (Å²) >= 11 is 1.61. The van der Waals surface area contributed by atoms with Crippen LogP contribution in [0.4, 0.5) is 20.2 Å². The number of nitrogens with two attached hydrogens (primary N) is 1. The Morgan fingerprint density at radius 3 is 2.76 bits per heavy atom. The molecule has 1 aliphatic rings. The van der Waals surface area contributed by atoms with Crippen LogP contribution in [0.2, 0.25) is 0 Å². The van der Waals surface area contributed by atoms with E-state index in [2.05, 4.69) is 0 Å². The largest absolute Gasteiger partial charge is 0.396 e. The minimum atomic E-state index is -1.00. The van der Waals surface area contributed by atoms with E-state index in [0.717, 1.165) is 17.0 Å². The van der Waals surface area contributed by atoms with Crippen molar-refractivity contribution in [1.29, 1.82) is 0 Å². The van der Waals surface area contributed by atoms with Crippen molar-refractivity contribution >= 4 is 29.0 Å². The Balaban J connectivity index is 2.07. The molecule has 0 bridgehead atoms. The molecule has 0 radical (unpaired) electrons. The predicted octanol–water partition coefficient (Wildman–Crippen LogP) is 3.30. The van der Waals surface area contributed by atoms with Crippen molar-refractivity contribution in [2.45, 2.75) is 4.90 Å². The maximum atomic E-state index is 14.0. The van der Waals surface area contributed by atoms with Crippen LogP contribution in [0.1, 0.15) is 10.4 Å². The van der Waals surface area contributed by atoms with Crippen LogP contribution in [0.3, 0.4) is 0 Å². The molecular weight excluding hydrogens is 294 g/mol. The fraction of sp³-hybridized carbons (Fsp3) is 0.133. The van der Waals surface area contributed by atoms with E-state index in [1.807, 2.05) is 12.1 Å². The van der Waals surface area contributed by atoms with Gasteiger partial charge in [0.15, 0.2) is 5.82 Å². The highest BCUT2D eigenvalue weighted by molar-refractivity contribution is 7.99. The van der Waals surface area contributed by atoms with Crippen molar-refractivity contribution < 1.29 is 13.6 Å². The summed E-state index contributed by atoms with van der Waals surface area (Å²) in [7, 11) is 0. The number of hydrogen-bond acceptors (Lipinski definition) is 3. The SMILES string of the molecule is Nc1ccc(F)c(C(=O)N2CCSc3ccccc32)c1F. The van der Waals surface area contributed by atoms with E-state index in [9.17, 15) is 13.6 Å². The molecule has 0 saturated carbocycles. The Morgan fingerprint density at radius 1 is 1.19 bits per heavy atom. The van der Waals surface area contributed by atoms with E-state index in [4.69, 9.17) is 5.73 Å². The third-order valence-electron chi connectivity index (χ3n) is 3.31. The van der Waals surface area contributed by atoms with Crippen LogP contribution >= 0.6 is 11.8 Å². The van der Waals surface area contributed by atoms with Gasteiger partial charge in [-0.05, 0) is 24.3 Å². The summed E-state index contributed by atoms with van der Waals surface area (Å²) in [6.45, 7) is 0.397. The molecule has 2 aromatic carbocycles. The van der Waals surface area contributed by atoms with Gasteiger partial charge in [-0.15, -0.1) is 11.8 Å². The molecule has 0 spiro atoms. The molecule has 0 saturated heterocycles. The second kappa shape index (κ2) is 5.37. The highest BCUT2D eigenvalue weighted by atomic mass is 32.2. The van der Waals surface area contributed by atoms with Crippen LogP contribution in [0, 0.1) is 11.6 Å². The summed E-state index contributed by atoms with van der Waals surface area (Å²) in [5.74, 6) is -1.93. The minimum Gasteiger partial charge on any atom is -0.396 e. The summed E-state index contributed by atoms with van der Waals surface area (Å²) in [5, 5.41) is 0. The van der Waals surface area contributed by atoms with Gasteiger partial charge in [0, 0.05) is 17.2 Å². The van der Waals surface area contributed by atoms with E-state index >= 15 is 0 Å². The van der Waals surface area contributed by atoms with Gasteiger partial charge in [-0.3, -0.25) is 4.79 Å². The standard InChI is InChI=1S/C15H12F2N2OS/c16-9-5-6-10(18)14(17)13(9)15(20)19-7-8-21-12-4-2-1-3-11(12)19/h1-6H,7-8,18H2. The first-order valence-electron chi connectivity index (χ1n) is 6.37. The van der Waals surface area contributed by atoms with Crippen molar-refractivity contribution in [3.05, 3.63) is 53.6 Å². The highest BCUT2D eigenvalue weighted by Crippen LogP contribution is 2.35. The first-order chi connectivity index (χ1) is 10.1. The lowest BCUT2D eigenvalue weighted by molar-refractivity contribution is 0.0979. The third-order valence-corrected chi connectivity index (χ3v) is 4.35. The first-order valence-corrected chi connectivity index (χ1v) is 7.35. The molecule has 1 heterocycles. The number of halogens is 2. The molecule has 0 fully saturated rings. The topological polar surface area (TPSA) is 46.3 Å². The first kappa shape index (κ1) is 13.9. The van der Waals surface area contributed by atoms with Crippen molar-refractivity contribution in [2.75, 3.05) is 22.9 Å². The number of hydrogen-bond donors (Lipinski definition) is 1. The molecule has 21 heavy (non-hydrogen) atoms. The Kier molecular flexibility index (Phi) is 3.55. The molecular formula is C15H12F2N2OS. The molecule has 3 rings (SSSR count). The number of para-hydroxylation sites is 1. The van der Waals surface area contributed by atoms with Gasteiger partial charge in [0.05, 0.1) is 11.4 Å². The number of carbonyl (C=O) groups is 1. The monoisotopic (exact) mass is 306 g/mol. The molecule has 108 valence electrons. The lowest BCUT2D eigenvalue weighted by Crippen LogP contribution is -2.36. The molecule has 2 N–H and O–H groups in total. The van der Waals surface area contributed by atoms with E-state index in [-0.39, 0.29) is 5.69 Å². The molecule has 3 nitrogen and oxygen atoms in total. The van der Waals surface area contributed by atoms with Gasteiger partial charge in [0.25, 0.3) is 5.91 Å². The van der Waals surface area contributed by atoms with E-state index < -0.39 is 23.1 Å². The summed E-state index contributed by atoms with van der Waals surface area (Å²) in [4.78, 5) is 14.9. The number of rotatable bonds is 1. The fourth-order valence-corrected chi connectivity index (χ4v) is 3.27. The molecule has 6 heteroatoms. The average Bonchev–Trinajstić information content (AvgIpc) is 2.50. The fourth-order valence-electron chi connectivity index (χ4n) is 2.28. The van der Waals surface area contributed by atoms with Crippen LogP contribution in [0.25, 0.3) is 0 Å². The number of thioether (sulfide) groups is 1. The lowest BCUT2D eigenvalue weighted by Gasteiger charge is -2.29. The molecule has 0 unspecified atom stereocenters. The summed E-state index contributed by atoms with van der Waals surface area (Å²) in [6.07, 6.45) is 0. The molecule has 0 atom stereocenters. The number of nitrogens with zero attached hydrogens (tertiary/aromatic N) is 1. The van der Waals surface area contributed by atoms with E-state index in [1.54, 1.807) is 23.9 Å². The van der Waals surface area contributed by atoms with Crippen molar-refractivity contribution in [3.63, 3.8) is 0 Å². The molecule has 2 aromatic rings. The predicted molar refractivity (Wildman–Crippen MR) is 79.6 cm³/mol. The Hall–Kier alpha value is -2.08. The van der Waals surface area contributed by atoms with Crippen LogP contribution < -0.4 is 10.6 Å². The quantitative estimate of drug-likeness (QED) is 0.822. The number of benzene rings is 2. The lowest BCUT2D eigenvalue weighted by atomic mass is 10.1.